The van der Waals surface area contributed by atoms with E-state index in [1.54, 1.807) is 26.4 Å². The van der Waals surface area contributed by atoms with Crippen molar-refractivity contribution >= 4 is 28.2 Å². The lowest BCUT2D eigenvalue weighted by atomic mass is 9.98. The largest absolute Gasteiger partial charge is 0.493 e. The molecule has 0 aliphatic heterocycles. The minimum Gasteiger partial charge on any atom is -0.493 e. The lowest BCUT2D eigenvalue weighted by molar-refractivity contribution is 0.0997. The minimum atomic E-state index is -0.440. The van der Waals surface area contributed by atoms with E-state index in [1.807, 2.05) is 38.1 Å². The smallest absolute Gasteiger partial charge is 0.291 e. The summed E-state index contributed by atoms with van der Waals surface area (Å²) in [6, 6.07) is 12.6. The molecule has 0 fully saturated rings. The average Bonchev–Trinajstić information content (AvgIpc) is 3.52. The highest BCUT2D eigenvalue weighted by molar-refractivity contribution is 7.16. The first-order chi connectivity index (χ1) is 16.9. The number of benzene rings is 1. The molecule has 0 bridgehead atoms. The first kappa shape index (κ1) is 24.3. The molecule has 3 aromatic heterocycles. The zero-order valence-electron chi connectivity index (χ0n) is 20.3. The van der Waals surface area contributed by atoms with Crippen molar-refractivity contribution in [1.29, 1.82) is 0 Å². The number of carbonyl (C=O) groups excluding carboxylic acids is 1. The highest BCUT2D eigenvalue weighted by Crippen LogP contribution is 2.43. The Morgan fingerprint density at radius 1 is 1.06 bits per heavy atom. The molecule has 182 valence electrons. The summed E-state index contributed by atoms with van der Waals surface area (Å²) in [6.45, 7) is 5.93. The van der Waals surface area contributed by atoms with Crippen molar-refractivity contribution in [2.45, 2.75) is 33.2 Å². The summed E-state index contributed by atoms with van der Waals surface area (Å²) in [5.41, 5.74) is 3.38. The Balaban J connectivity index is 1.85. The number of aryl methyl sites for hydroxylation is 3. The summed E-state index contributed by atoms with van der Waals surface area (Å²) in [6.07, 6.45) is 2.29. The molecule has 0 radical (unpaired) electrons. The summed E-state index contributed by atoms with van der Waals surface area (Å²) in [5.74, 6) is 1.59. The number of rotatable bonds is 9. The van der Waals surface area contributed by atoms with Gasteiger partial charge in [0.2, 0.25) is 5.95 Å². The second kappa shape index (κ2) is 10.6. The molecular weight excluding hydrogens is 464 g/mol. The van der Waals surface area contributed by atoms with E-state index in [0.29, 0.717) is 22.4 Å². The lowest BCUT2D eigenvalue weighted by Gasteiger charge is -2.23. The molecule has 3 heterocycles. The van der Waals surface area contributed by atoms with Crippen LogP contribution in [0.15, 0.2) is 53.1 Å². The van der Waals surface area contributed by atoms with Crippen LogP contribution in [-0.4, -0.2) is 30.1 Å². The van der Waals surface area contributed by atoms with Gasteiger partial charge in [0.05, 0.1) is 26.5 Å². The SMILES string of the molecule is CCc1cc([C@H](Nc2nc(C)cc(C)n2)c2cccc(OC)c2OC)c(NC(=O)c2ccco2)s1. The topological polar surface area (TPSA) is 98.5 Å². The molecule has 0 spiro atoms. The number of hydrogen-bond acceptors (Lipinski definition) is 8. The molecule has 0 saturated carbocycles. The summed E-state index contributed by atoms with van der Waals surface area (Å²) in [4.78, 5) is 23.2. The van der Waals surface area contributed by atoms with Crippen LogP contribution in [0.3, 0.4) is 0 Å². The highest BCUT2D eigenvalue weighted by Gasteiger charge is 2.27. The van der Waals surface area contributed by atoms with Gasteiger partial charge in [-0.15, -0.1) is 11.3 Å². The van der Waals surface area contributed by atoms with Gasteiger partial charge in [-0.25, -0.2) is 9.97 Å². The molecule has 1 atom stereocenters. The molecule has 1 aromatic carbocycles. The molecule has 9 heteroatoms. The van der Waals surface area contributed by atoms with Gasteiger partial charge in [0.25, 0.3) is 5.91 Å². The van der Waals surface area contributed by atoms with Gasteiger partial charge >= 0.3 is 0 Å². The number of amides is 1. The number of furan rings is 1. The summed E-state index contributed by atoms with van der Waals surface area (Å²) < 4.78 is 16.6. The Morgan fingerprint density at radius 2 is 1.83 bits per heavy atom. The van der Waals surface area contributed by atoms with E-state index >= 15 is 0 Å². The lowest BCUT2D eigenvalue weighted by Crippen LogP contribution is -2.18. The fourth-order valence-corrected chi connectivity index (χ4v) is 4.93. The average molecular weight is 493 g/mol. The van der Waals surface area contributed by atoms with Crippen LogP contribution in [0.1, 0.15) is 50.9 Å². The quantitative estimate of drug-likeness (QED) is 0.305. The van der Waals surface area contributed by atoms with E-state index in [-0.39, 0.29) is 11.7 Å². The van der Waals surface area contributed by atoms with Crippen LogP contribution in [0.25, 0.3) is 0 Å². The Kier molecular flexibility index (Phi) is 7.36. The van der Waals surface area contributed by atoms with E-state index in [0.717, 1.165) is 33.8 Å². The molecule has 4 aromatic rings. The van der Waals surface area contributed by atoms with E-state index in [2.05, 4.69) is 33.6 Å². The number of hydrogen-bond donors (Lipinski definition) is 2. The van der Waals surface area contributed by atoms with Crippen LogP contribution in [-0.2, 0) is 6.42 Å². The number of thiophene rings is 1. The number of nitrogens with one attached hydrogen (secondary N) is 2. The number of para-hydroxylation sites is 1. The van der Waals surface area contributed by atoms with Crippen molar-refractivity contribution in [3.8, 4) is 11.5 Å². The molecular formula is C26H28N4O4S. The Morgan fingerprint density at radius 3 is 2.46 bits per heavy atom. The molecule has 35 heavy (non-hydrogen) atoms. The fourth-order valence-electron chi connectivity index (χ4n) is 3.90. The van der Waals surface area contributed by atoms with Crippen molar-refractivity contribution in [1.82, 2.24) is 9.97 Å². The maximum atomic E-state index is 12.9. The van der Waals surface area contributed by atoms with Crippen molar-refractivity contribution in [2.24, 2.45) is 0 Å². The number of methoxy groups -OCH3 is 2. The second-order valence-corrected chi connectivity index (χ2v) is 9.05. The molecule has 0 unspecified atom stereocenters. The number of nitrogens with zero attached hydrogens (tertiary/aromatic N) is 2. The van der Waals surface area contributed by atoms with Crippen LogP contribution >= 0.6 is 11.3 Å². The highest BCUT2D eigenvalue weighted by atomic mass is 32.1. The van der Waals surface area contributed by atoms with E-state index in [4.69, 9.17) is 13.9 Å². The first-order valence-electron chi connectivity index (χ1n) is 11.2. The van der Waals surface area contributed by atoms with Gasteiger partial charge in [-0.3, -0.25) is 4.79 Å². The first-order valence-corrected chi connectivity index (χ1v) is 12.0. The summed E-state index contributed by atoms with van der Waals surface area (Å²) >= 11 is 1.52. The van der Waals surface area contributed by atoms with E-state index < -0.39 is 6.04 Å². The third-order valence-corrected chi connectivity index (χ3v) is 6.65. The number of ether oxygens (including phenoxy) is 2. The number of aromatic nitrogens is 2. The maximum absolute atomic E-state index is 12.9. The Labute approximate surface area is 208 Å². The third-order valence-electron chi connectivity index (χ3n) is 5.44. The predicted molar refractivity (Wildman–Crippen MR) is 137 cm³/mol. The van der Waals surface area contributed by atoms with Crippen molar-refractivity contribution < 1.29 is 18.7 Å². The van der Waals surface area contributed by atoms with Crippen LogP contribution in [0.2, 0.25) is 0 Å². The second-order valence-electron chi connectivity index (χ2n) is 7.92. The Bertz CT molecular complexity index is 1300. The van der Waals surface area contributed by atoms with Crippen LogP contribution in [0.4, 0.5) is 10.9 Å². The van der Waals surface area contributed by atoms with Gasteiger partial charge in [0.15, 0.2) is 17.3 Å². The monoisotopic (exact) mass is 492 g/mol. The molecule has 0 aliphatic carbocycles. The van der Waals surface area contributed by atoms with Gasteiger partial charge in [-0.2, -0.15) is 0 Å². The molecule has 1 amide bonds. The summed E-state index contributed by atoms with van der Waals surface area (Å²) in [7, 11) is 3.21. The molecule has 2 N–H and O–H groups in total. The molecule has 8 nitrogen and oxygen atoms in total. The summed E-state index contributed by atoms with van der Waals surface area (Å²) in [5, 5.41) is 7.21. The van der Waals surface area contributed by atoms with Crippen molar-refractivity contribution in [2.75, 3.05) is 24.9 Å². The van der Waals surface area contributed by atoms with Gasteiger partial charge in [-0.1, -0.05) is 19.1 Å². The van der Waals surface area contributed by atoms with Gasteiger partial charge in [0, 0.05) is 27.4 Å². The minimum absolute atomic E-state index is 0.239. The zero-order chi connectivity index (χ0) is 24.9. The maximum Gasteiger partial charge on any atom is 0.291 e. The number of carbonyl (C=O) groups is 1. The van der Waals surface area contributed by atoms with Crippen LogP contribution in [0, 0.1) is 13.8 Å². The fraction of sp³-hybridized carbons (Fsp3) is 0.269. The van der Waals surface area contributed by atoms with Gasteiger partial charge in [0.1, 0.15) is 5.00 Å². The van der Waals surface area contributed by atoms with E-state index in [9.17, 15) is 4.79 Å². The van der Waals surface area contributed by atoms with Crippen LogP contribution < -0.4 is 20.1 Å². The van der Waals surface area contributed by atoms with Gasteiger partial charge in [-0.05, 0) is 50.6 Å². The van der Waals surface area contributed by atoms with Crippen molar-refractivity contribution in [3.63, 3.8) is 0 Å². The standard InChI is InChI=1S/C26H28N4O4S/c1-6-17-14-19(25(35-17)30-24(31)21-11-8-12-34-21)22(29-26-27-15(2)13-16(3)28-26)18-9-7-10-20(32-4)23(18)33-5/h7-14,22H,6H2,1-5H3,(H,30,31)(H,27,28,29)/t22-/m1/s1. The predicted octanol–water partition coefficient (Wildman–Crippen LogP) is 5.78. The zero-order valence-corrected chi connectivity index (χ0v) is 21.2. The Hall–Kier alpha value is -3.85. The third kappa shape index (κ3) is 5.30. The normalized spacial score (nSPS) is 11.7. The molecule has 0 saturated heterocycles. The van der Waals surface area contributed by atoms with E-state index in [1.165, 1.54) is 17.6 Å². The number of anilines is 2. The van der Waals surface area contributed by atoms with Gasteiger partial charge < -0.3 is 24.5 Å². The molecule has 4 rings (SSSR count). The van der Waals surface area contributed by atoms with Crippen LogP contribution in [0.5, 0.6) is 11.5 Å². The molecule has 0 aliphatic rings. The van der Waals surface area contributed by atoms with Crippen molar-refractivity contribution in [3.05, 3.63) is 81.9 Å².